The van der Waals surface area contributed by atoms with Crippen LogP contribution in [0.25, 0.3) is 0 Å². The lowest BCUT2D eigenvalue weighted by atomic mass is 10.3. The van der Waals surface area contributed by atoms with Crippen molar-refractivity contribution in [1.82, 2.24) is 5.32 Å². The Hall–Kier alpha value is -0.870. The van der Waals surface area contributed by atoms with Gasteiger partial charge < -0.3 is 15.2 Å². The van der Waals surface area contributed by atoms with Crippen molar-refractivity contribution in [2.45, 2.75) is 20.0 Å². The molecule has 0 bridgehead atoms. The maximum Gasteiger partial charge on any atom is 0.330 e. The van der Waals surface area contributed by atoms with Crippen LogP contribution in [-0.2, 0) is 9.53 Å². The first kappa shape index (κ1) is 12.1. The van der Waals surface area contributed by atoms with Crippen LogP contribution in [0.2, 0.25) is 0 Å². The fourth-order valence-electron chi connectivity index (χ4n) is 0.683. The maximum atomic E-state index is 10.4. The van der Waals surface area contributed by atoms with Gasteiger partial charge in [0.2, 0.25) is 0 Å². The molecule has 0 aliphatic carbocycles. The fourth-order valence-corrected chi connectivity index (χ4v) is 0.683. The molecular formula is C9H17NO3. The smallest absolute Gasteiger partial charge is 0.330 e. The van der Waals surface area contributed by atoms with Gasteiger partial charge in [0, 0.05) is 25.8 Å². The average molecular weight is 187 g/mol. The molecule has 2 N–H and O–H groups in total. The van der Waals surface area contributed by atoms with Crippen molar-refractivity contribution in [2.75, 3.05) is 20.2 Å². The number of carboxylic acid groups (broad SMARTS) is 1. The minimum absolute atomic E-state index is 0.151. The van der Waals surface area contributed by atoms with Gasteiger partial charge in [-0.15, -0.1) is 0 Å². The van der Waals surface area contributed by atoms with Crippen LogP contribution in [0.4, 0.5) is 0 Å². The molecule has 0 radical (unpaired) electrons. The van der Waals surface area contributed by atoms with Crippen molar-refractivity contribution >= 4 is 5.97 Å². The molecule has 0 saturated heterocycles. The molecule has 1 unspecified atom stereocenters. The minimum atomic E-state index is -0.874. The minimum Gasteiger partial charge on any atom is -0.478 e. The van der Waals surface area contributed by atoms with E-state index in [-0.39, 0.29) is 6.10 Å². The molecule has 0 heterocycles. The number of rotatable bonds is 6. The van der Waals surface area contributed by atoms with Gasteiger partial charge in [0.05, 0.1) is 6.10 Å². The number of nitrogens with one attached hydrogen (secondary N) is 1. The summed E-state index contributed by atoms with van der Waals surface area (Å²) in [5.74, 6) is -0.874. The highest BCUT2D eigenvalue weighted by Crippen LogP contribution is 1.90. The molecule has 0 saturated carbocycles. The summed E-state index contributed by atoms with van der Waals surface area (Å²) in [6, 6.07) is 0. The quantitative estimate of drug-likeness (QED) is 0.473. The van der Waals surface area contributed by atoms with Crippen molar-refractivity contribution < 1.29 is 14.6 Å². The summed E-state index contributed by atoms with van der Waals surface area (Å²) in [5, 5.41) is 11.6. The van der Waals surface area contributed by atoms with Crippen molar-refractivity contribution in [2.24, 2.45) is 0 Å². The molecule has 0 aromatic carbocycles. The highest BCUT2D eigenvalue weighted by molar-refractivity contribution is 5.85. The summed E-state index contributed by atoms with van der Waals surface area (Å²) < 4.78 is 5.01. The van der Waals surface area contributed by atoms with Crippen LogP contribution in [-0.4, -0.2) is 37.4 Å². The van der Waals surface area contributed by atoms with E-state index in [1.165, 1.54) is 0 Å². The Kier molecular flexibility index (Phi) is 6.18. The first-order valence-corrected chi connectivity index (χ1v) is 4.21. The van der Waals surface area contributed by atoms with E-state index in [1.54, 1.807) is 20.1 Å². The lowest BCUT2D eigenvalue weighted by Gasteiger charge is -2.08. The van der Waals surface area contributed by atoms with Gasteiger partial charge in [-0.2, -0.15) is 0 Å². The third kappa shape index (κ3) is 6.31. The van der Waals surface area contributed by atoms with Crippen LogP contribution in [0.5, 0.6) is 0 Å². The van der Waals surface area contributed by atoms with E-state index in [0.29, 0.717) is 12.1 Å². The van der Waals surface area contributed by atoms with Gasteiger partial charge in [-0.1, -0.05) is 6.08 Å². The Morgan fingerprint density at radius 1 is 1.69 bits per heavy atom. The molecule has 13 heavy (non-hydrogen) atoms. The molecule has 0 aromatic rings. The lowest BCUT2D eigenvalue weighted by Crippen LogP contribution is -2.26. The second-order valence-corrected chi connectivity index (χ2v) is 2.90. The third-order valence-corrected chi connectivity index (χ3v) is 1.72. The number of carbonyl (C=O) groups is 1. The molecule has 4 heteroatoms. The molecule has 0 fully saturated rings. The maximum absolute atomic E-state index is 10.4. The highest BCUT2D eigenvalue weighted by Gasteiger charge is 1.99. The SMILES string of the molecule is COC(C)CNC/C=C(/C)C(=O)O. The molecule has 0 rings (SSSR count). The number of ether oxygens (including phenoxy) is 1. The van der Waals surface area contributed by atoms with Crippen LogP contribution in [0.1, 0.15) is 13.8 Å². The number of hydrogen-bond donors (Lipinski definition) is 2. The van der Waals surface area contributed by atoms with Crippen molar-refractivity contribution in [3.8, 4) is 0 Å². The van der Waals surface area contributed by atoms with Crippen LogP contribution in [0, 0.1) is 0 Å². The molecule has 0 aliphatic rings. The van der Waals surface area contributed by atoms with E-state index in [2.05, 4.69) is 5.32 Å². The van der Waals surface area contributed by atoms with Gasteiger partial charge >= 0.3 is 5.97 Å². The molecule has 0 aliphatic heterocycles. The summed E-state index contributed by atoms with van der Waals surface area (Å²) in [6.07, 6.45) is 1.79. The molecule has 76 valence electrons. The Balaban J connectivity index is 3.55. The third-order valence-electron chi connectivity index (χ3n) is 1.72. The Morgan fingerprint density at radius 2 is 2.31 bits per heavy atom. The second-order valence-electron chi connectivity index (χ2n) is 2.90. The summed E-state index contributed by atoms with van der Waals surface area (Å²) in [7, 11) is 1.64. The van der Waals surface area contributed by atoms with Gasteiger partial charge in [-0.25, -0.2) is 4.79 Å². The topological polar surface area (TPSA) is 58.6 Å². The van der Waals surface area contributed by atoms with E-state index in [9.17, 15) is 4.79 Å². The molecule has 1 atom stereocenters. The monoisotopic (exact) mass is 187 g/mol. The van der Waals surface area contributed by atoms with Crippen LogP contribution in [0.15, 0.2) is 11.6 Å². The van der Waals surface area contributed by atoms with Gasteiger partial charge in [0.15, 0.2) is 0 Å². The Bertz CT molecular complexity index is 189. The Labute approximate surface area is 78.6 Å². The number of carboxylic acids is 1. The molecular weight excluding hydrogens is 170 g/mol. The van der Waals surface area contributed by atoms with E-state index in [1.807, 2.05) is 6.92 Å². The molecule has 4 nitrogen and oxygen atoms in total. The largest absolute Gasteiger partial charge is 0.478 e. The number of hydrogen-bond acceptors (Lipinski definition) is 3. The average Bonchev–Trinajstić information content (AvgIpc) is 2.11. The first-order valence-electron chi connectivity index (χ1n) is 4.21. The predicted molar refractivity (Wildman–Crippen MR) is 50.7 cm³/mol. The normalized spacial score (nSPS) is 14.2. The summed E-state index contributed by atoms with van der Waals surface area (Å²) in [6.45, 7) is 4.80. The van der Waals surface area contributed by atoms with Crippen LogP contribution < -0.4 is 5.32 Å². The summed E-state index contributed by atoms with van der Waals surface area (Å²) >= 11 is 0. The molecule has 0 amide bonds. The van der Waals surface area contributed by atoms with Crippen molar-refractivity contribution in [3.63, 3.8) is 0 Å². The summed E-state index contributed by atoms with van der Waals surface area (Å²) in [5.41, 5.74) is 0.359. The van der Waals surface area contributed by atoms with E-state index in [4.69, 9.17) is 9.84 Å². The molecule has 0 aromatic heterocycles. The summed E-state index contributed by atoms with van der Waals surface area (Å²) in [4.78, 5) is 10.4. The van der Waals surface area contributed by atoms with E-state index >= 15 is 0 Å². The fraction of sp³-hybridized carbons (Fsp3) is 0.667. The first-order chi connectivity index (χ1) is 6.07. The van der Waals surface area contributed by atoms with Crippen molar-refractivity contribution in [1.29, 1.82) is 0 Å². The van der Waals surface area contributed by atoms with Crippen LogP contribution in [0.3, 0.4) is 0 Å². The standard InChI is InChI=1S/C9H17NO3/c1-7(9(11)12)4-5-10-6-8(2)13-3/h4,8,10H,5-6H2,1-3H3,(H,11,12)/b7-4-. The van der Waals surface area contributed by atoms with Crippen LogP contribution >= 0.6 is 0 Å². The van der Waals surface area contributed by atoms with Gasteiger partial charge in [0.1, 0.15) is 0 Å². The zero-order valence-corrected chi connectivity index (χ0v) is 8.33. The lowest BCUT2D eigenvalue weighted by molar-refractivity contribution is -0.132. The number of methoxy groups -OCH3 is 1. The zero-order chi connectivity index (χ0) is 10.3. The van der Waals surface area contributed by atoms with E-state index < -0.39 is 5.97 Å². The van der Waals surface area contributed by atoms with Gasteiger partial charge in [0.25, 0.3) is 0 Å². The van der Waals surface area contributed by atoms with Gasteiger partial charge in [-0.05, 0) is 13.8 Å². The van der Waals surface area contributed by atoms with Crippen molar-refractivity contribution in [3.05, 3.63) is 11.6 Å². The molecule has 0 spiro atoms. The van der Waals surface area contributed by atoms with E-state index in [0.717, 1.165) is 6.54 Å². The predicted octanol–water partition coefficient (Wildman–Crippen LogP) is 0.642. The van der Waals surface area contributed by atoms with Gasteiger partial charge in [-0.3, -0.25) is 0 Å². The zero-order valence-electron chi connectivity index (χ0n) is 8.33. The number of aliphatic carboxylic acids is 1. The highest BCUT2D eigenvalue weighted by atomic mass is 16.5. The second kappa shape index (κ2) is 6.62. The Morgan fingerprint density at radius 3 is 2.77 bits per heavy atom.